The van der Waals surface area contributed by atoms with Crippen LogP contribution in [0.3, 0.4) is 0 Å². The van der Waals surface area contributed by atoms with Crippen LogP contribution < -0.4 is 10.1 Å². The molecule has 0 aliphatic carbocycles. The molecule has 1 aliphatic rings. The molecule has 3 heterocycles. The lowest BCUT2D eigenvalue weighted by atomic mass is 10.0. The molecule has 2 aromatic heterocycles. The second-order valence-electron chi connectivity index (χ2n) is 7.41. The fraction of sp³-hybridized carbons (Fsp3) is 0.381. The lowest BCUT2D eigenvalue weighted by molar-refractivity contribution is 0.101. The SMILES string of the molecule is COc1cn(-c2ccccc2)nc1C(=O)Nc1nc(CN2CCCC(C)C2)cs1. The van der Waals surface area contributed by atoms with Crippen molar-refractivity contribution in [2.45, 2.75) is 26.3 Å². The molecule has 152 valence electrons. The summed E-state index contributed by atoms with van der Waals surface area (Å²) in [6, 6.07) is 9.61. The Bertz CT molecular complexity index is 969. The van der Waals surface area contributed by atoms with Crippen LogP contribution in [0.15, 0.2) is 41.9 Å². The Kier molecular flexibility index (Phi) is 5.92. The average molecular weight is 412 g/mol. The van der Waals surface area contributed by atoms with E-state index in [2.05, 4.69) is 27.2 Å². The molecule has 1 aromatic carbocycles. The Labute approximate surface area is 174 Å². The van der Waals surface area contributed by atoms with Gasteiger partial charge in [0, 0.05) is 18.5 Å². The van der Waals surface area contributed by atoms with Crippen molar-refractivity contribution >= 4 is 22.4 Å². The molecule has 1 fully saturated rings. The minimum absolute atomic E-state index is 0.234. The first kappa shape index (κ1) is 19.6. The van der Waals surface area contributed by atoms with Crippen LogP contribution in [0.1, 0.15) is 35.9 Å². The fourth-order valence-corrected chi connectivity index (χ4v) is 4.33. The zero-order valence-electron chi connectivity index (χ0n) is 16.7. The third-order valence-corrected chi connectivity index (χ3v) is 5.84. The zero-order valence-corrected chi connectivity index (χ0v) is 17.5. The summed E-state index contributed by atoms with van der Waals surface area (Å²) in [7, 11) is 1.53. The molecular formula is C21H25N5O2S. The first-order valence-corrected chi connectivity index (χ1v) is 10.7. The van der Waals surface area contributed by atoms with Crippen molar-refractivity contribution in [3.8, 4) is 11.4 Å². The van der Waals surface area contributed by atoms with E-state index in [-0.39, 0.29) is 11.6 Å². The standard InChI is InChI=1S/C21H25N5O2S/c1-15-7-6-10-25(11-15)12-16-14-29-21(22-16)23-20(27)19-18(28-2)13-26(24-19)17-8-4-3-5-9-17/h3-5,8-9,13-15H,6-7,10-12H2,1-2H3,(H,22,23,27). The Morgan fingerprint density at radius 3 is 2.93 bits per heavy atom. The Balaban J connectivity index is 1.44. The number of carbonyl (C=O) groups is 1. The van der Waals surface area contributed by atoms with Crippen molar-refractivity contribution in [2.24, 2.45) is 5.92 Å². The van der Waals surface area contributed by atoms with Crippen LogP contribution in [-0.4, -0.2) is 45.8 Å². The molecule has 0 radical (unpaired) electrons. The van der Waals surface area contributed by atoms with E-state index in [1.54, 1.807) is 10.9 Å². The first-order valence-electron chi connectivity index (χ1n) is 9.79. The number of rotatable bonds is 6. The van der Waals surface area contributed by atoms with Crippen molar-refractivity contribution in [3.63, 3.8) is 0 Å². The van der Waals surface area contributed by atoms with E-state index < -0.39 is 0 Å². The molecule has 0 saturated carbocycles. The third-order valence-electron chi connectivity index (χ3n) is 5.04. The lowest BCUT2D eigenvalue weighted by Gasteiger charge is -2.30. The number of likely N-dealkylation sites (tertiary alicyclic amines) is 1. The summed E-state index contributed by atoms with van der Waals surface area (Å²) < 4.78 is 6.99. The van der Waals surface area contributed by atoms with Gasteiger partial charge >= 0.3 is 0 Å². The van der Waals surface area contributed by atoms with Gasteiger partial charge in [-0.3, -0.25) is 15.0 Å². The average Bonchev–Trinajstić information content (AvgIpc) is 3.35. The summed E-state index contributed by atoms with van der Waals surface area (Å²) in [5.41, 5.74) is 2.08. The second-order valence-corrected chi connectivity index (χ2v) is 8.26. The molecule has 29 heavy (non-hydrogen) atoms. The van der Waals surface area contributed by atoms with E-state index in [0.717, 1.165) is 36.9 Å². The maximum absolute atomic E-state index is 12.8. The Morgan fingerprint density at radius 2 is 2.17 bits per heavy atom. The van der Waals surface area contributed by atoms with Gasteiger partial charge in [0.1, 0.15) is 0 Å². The molecule has 8 heteroatoms. The van der Waals surface area contributed by atoms with Crippen LogP contribution in [0.2, 0.25) is 0 Å². The summed E-state index contributed by atoms with van der Waals surface area (Å²) in [6.07, 6.45) is 4.24. The van der Waals surface area contributed by atoms with Gasteiger partial charge in [0.2, 0.25) is 0 Å². The van der Waals surface area contributed by atoms with Crippen LogP contribution in [0.5, 0.6) is 5.75 Å². The summed E-state index contributed by atoms with van der Waals surface area (Å²) in [5.74, 6) is 0.822. The van der Waals surface area contributed by atoms with E-state index >= 15 is 0 Å². The van der Waals surface area contributed by atoms with E-state index in [9.17, 15) is 4.79 Å². The number of amides is 1. The Hall–Kier alpha value is -2.71. The van der Waals surface area contributed by atoms with Crippen LogP contribution in [0.4, 0.5) is 5.13 Å². The monoisotopic (exact) mass is 411 g/mol. The number of para-hydroxylation sites is 1. The number of thiazole rings is 1. The van der Waals surface area contributed by atoms with Crippen LogP contribution >= 0.6 is 11.3 Å². The number of nitrogens with one attached hydrogen (secondary N) is 1. The predicted molar refractivity (Wildman–Crippen MR) is 114 cm³/mol. The number of piperidine rings is 1. The molecule has 0 spiro atoms. The highest BCUT2D eigenvalue weighted by Gasteiger charge is 2.21. The van der Waals surface area contributed by atoms with Crippen molar-refractivity contribution in [1.29, 1.82) is 0 Å². The molecule has 1 saturated heterocycles. The van der Waals surface area contributed by atoms with Crippen LogP contribution in [0.25, 0.3) is 5.69 Å². The lowest BCUT2D eigenvalue weighted by Crippen LogP contribution is -2.33. The van der Waals surface area contributed by atoms with Gasteiger partial charge in [0.25, 0.3) is 5.91 Å². The Morgan fingerprint density at radius 1 is 1.34 bits per heavy atom. The summed E-state index contributed by atoms with van der Waals surface area (Å²) >= 11 is 1.43. The summed E-state index contributed by atoms with van der Waals surface area (Å²) in [4.78, 5) is 19.8. The number of methoxy groups -OCH3 is 1. The minimum atomic E-state index is -0.330. The van der Waals surface area contributed by atoms with Gasteiger partial charge in [-0.25, -0.2) is 9.67 Å². The van der Waals surface area contributed by atoms with Gasteiger partial charge in [-0.1, -0.05) is 25.1 Å². The highest BCUT2D eigenvalue weighted by atomic mass is 32.1. The smallest absolute Gasteiger partial charge is 0.281 e. The van der Waals surface area contributed by atoms with E-state index in [1.165, 1.54) is 31.3 Å². The van der Waals surface area contributed by atoms with Crippen molar-refractivity contribution in [1.82, 2.24) is 19.7 Å². The summed E-state index contributed by atoms with van der Waals surface area (Å²) in [5, 5.41) is 9.85. The van der Waals surface area contributed by atoms with Gasteiger partial charge < -0.3 is 4.74 Å². The molecule has 1 amide bonds. The van der Waals surface area contributed by atoms with Gasteiger partial charge in [-0.05, 0) is 37.4 Å². The van der Waals surface area contributed by atoms with Crippen LogP contribution in [-0.2, 0) is 6.54 Å². The number of hydrogen-bond acceptors (Lipinski definition) is 6. The molecule has 1 aliphatic heterocycles. The van der Waals surface area contributed by atoms with Crippen molar-refractivity contribution in [2.75, 3.05) is 25.5 Å². The maximum Gasteiger partial charge on any atom is 0.281 e. The first-order chi connectivity index (χ1) is 14.1. The highest BCUT2D eigenvalue weighted by molar-refractivity contribution is 7.13. The number of benzene rings is 1. The van der Waals surface area contributed by atoms with Crippen molar-refractivity contribution in [3.05, 3.63) is 53.3 Å². The quantitative estimate of drug-likeness (QED) is 0.668. The normalized spacial score (nSPS) is 17.2. The number of hydrogen-bond donors (Lipinski definition) is 1. The number of nitrogens with zero attached hydrogens (tertiary/aromatic N) is 4. The van der Waals surface area contributed by atoms with E-state index in [1.807, 2.05) is 35.7 Å². The van der Waals surface area contributed by atoms with Gasteiger partial charge in [0.15, 0.2) is 16.6 Å². The molecular weight excluding hydrogens is 386 g/mol. The highest BCUT2D eigenvalue weighted by Crippen LogP contribution is 2.24. The molecule has 1 atom stereocenters. The number of aromatic nitrogens is 3. The zero-order chi connectivity index (χ0) is 20.2. The fourth-order valence-electron chi connectivity index (χ4n) is 3.63. The third kappa shape index (κ3) is 4.65. The van der Waals surface area contributed by atoms with Crippen LogP contribution in [0, 0.1) is 5.92 Å². The topological polar surface area (TPSA) is 72.3 Å². The number of anilines is 1. The molecule has 3 aromatic rings. The van der Waals surface area contributed by atoms with E-state index in [4.69, 9.17) is 4.74 Å². The van der Waals surface area contributed by atoms with Gasteiger partial charge in [0.05, 0.1) is 24.7 Å². The van der Waals surface area contributed by atoms with Gasteiger partial charge in [-0.15, -0.1) is 11.3 Å². The largest absolute Gasteiger partial charge is 0.493 e. The summed E-state index contributed by atoms with van der Waals surface area (Å²) in [6.45, 7) is 5.33. The second kappa shape index (κ2) is 8.75. The van der Waals surface area contributed by atoms with Gasteiger partial charge in [-0.2, -0.15) is 5.10 Å². The molecule has 1 unspecified atom stereocenters. The molecule has 0 bridgehead atoms. The molecule has 4 rings (SSSR count). The minimum Gasteiger partial charge on any atom is -0.493 e. The number of carbonyl (C=O) groups excluding carboxylic acids is 1. The molecule has 1 N–H and O–H groups in total. The molecule has 7 nitrogen and oxygen atoms in total. The number of ether oxygens (including phenoxy) is 1. The predicted octanol–water partition coefficient (Wildman–Crippen LogP) is 3.82. The maximum atomic E-state index is 12.8. The van der Waals surface area contributed by atoms with E-state index in [0.29, 0.717) is 10.9 Å². The van der Waals surface area contributed by atoms with Crippen molar-refractivity contribution < 1.29 is 9.53 Å².